The topological polar surface area (TPSA) is 54.4 Å². The molecule has 1 aliphatic rings. The zero-order valence-corrected chi connectivity index (χ0v) is 13.4. The molecule has 22 heavy (non-hydrogen) atoms. The van der Waals surface area contributed by atoms with Gasteiger partial charge in [-0.05, 0) is 43.4 Å². The zero-order valence-electron chi connectivity index (χ0n) is 12.6. The monoisotopic (exact) mass is 316 g/mol. The van der Waals surface area contributed by atoms with Crippen molar-refractivity contribution in [3.63, 3.8) is 0 Å². The van der Waals surface area contributed by atoms with Crippen LogP contribution in [0.5, 0.6) is 0 Å². The van der Waals surface area contributed by atoms with Crippen LogP contribution >= 0.6 is 0 Å². The Morgan fingerprint density at radius 3 is 2.18 bits per heavy atom. The third-order valence-corrected chi connectivity index (χ3v) is 6.13. The predicted octanol–water partition coefficient (Wildman–Crippen LogP) is 3.07. The fraction of sp³-hybridized carbons (Fsp3) is 0.333. The second kappa shape index (κ2) is 5.52. The minimum Gasteiger partial charge on any atom is -0.384 e. The standard InChI is InChI=1S/C18H20O3S/c1-14-7-11-17(12-8-14)22(20,21)13-18(19,16-9-10-16)15-5-3-2-4-6-15/h2-8,11-12,16,19H,9-10,13H2,1H3. The Labute approximate surface area is 131 Å². The molecule has 0 radical (unpaired) electrons. The maximum Gasteiger partial charge on any atom is 0.181 e. The van der Waals surface area contributed by atoms with E-state index >= 15 is 0 Å². The van der Waals surface area contributed by atoms with Crippen molar-refractivity contribution in [1.82, 2.24) is 0 Å². The van der Waals surface area contributed by atoms with Gasteiger partial charge in [0.1, 0.15) is 5.60 Å². The molecular formula is C18H20O3S. The summed E-state index contributed by atoms with van der Waals surface area (Å²) in [7, 11) is -3.54. The maximum absolute atomic E-state index is 12.7. The number of aliphatic hydroxyl groups is 1. The second-order valence-corrected chi connectivity index (χ2v) is 8.13. The molecule has 1 atom stereocenters. The van der Waals surface area contributed by atoms with E-state index in [9.17, 15) is 13.5 Å². The first-order valence-electron chi connectivity index (χ1n) is 7.49. The molecule has 2 aromatic carbocycles. The molecular weight excluding hydrogens is 296 g/mol. The summed E-state index contributed by atoms with van der Waals surface area (Å²) in [6.07, 6.45) is 1.74. The lowest BCUT2D eigenvalue weighted by Gasteiger charge is -2.28. The Morgan fingerprint density at radius 1 is 1.05 bits per heavy atom. The van der Waals surface area contributed by atoms with Gasteiger partial charge >= 0.3 is 0 Å². The molecule has 1 saturated carbocycles. The molecule has 1 unspecified atom stereocenters. The van der Waals surface area contributed by atoms with Crippen LogP contribution in [0.4, 0.5) is 0 Å². The second-order valence-electron chi connectivity index (χ2n) is 6.14. The van der Waals surface area contributed by atoms with Gasteiger partial charge < -0.3 is 5.11 Å². The van der Waals surface area contributed by atoms with Crippen LogP contribution in [0.3, 0.4) is 0 Å². The highest BCUT2D eigenvalue weighted by Crippen LogP contribution is 2.47. The first kappa shape index (κ1) is 15.3. The molecule has 1 fully saturated rings. The van der Waals surface area contributed by atoms with Crippen LogP contribution in [-0.4, -0.2) is 19.3 Å². The van der Waals surface area contributed by atoms with Gasteiger partial charge in [-0.3, -0.25) is 0 Å². The van der Waals surface area contributed by atoms with Gasteiger partial charge in [-0.2, -0.15) is 0 Å². The molecule has 2 aromatic rings. The predicted molar refractivity (Wildman–Crippen MR) is 86.3 cm³/mol. The van der Waals surface area contributed by atoms with E-state index in [1.807, 2.05) is 37.3 Å². The maximum atomic E-state index is 12.7. The molecule has 3 nitrogen and oxygen atoms in total. The van der Waals surface area contributed by atoms with Crippen LogP contribution in [0.25, 0.3) is 0 Å². The highest BCUT2D eigenvalue weighted by atomic mass is 32.2. The molecule has 1 aliphatic carbocycles. The largest absolute Gasteiger partial charge is 0.384 e. The Balaban J connectivity index is 1.96. The van der Waals surface area contributed by atoms with E-state index in [-0.39, 0.29) is 16.6 Å². The van der Waals surface area contributed by atoms with Crippen LogP contribution < -0.4 is 0 Å². The third-order valence-electron chi connectivity index (χ3n) is 4.32. The van der Waals surface area contributed by atoms with Gasteiger partial charge in [-0.15, -0.1) is 0 Å². The van der Waals surface area contributed by atoms with Gasteiger partial charge in [0.2, 0.25) is 0 Å². The molecule has 116 valence electrons. The summed E-state index contributed by atoms with van der Waals surface area (Å²) in [4.78, 5) is 0.271. The van der Waals surface area contributed by atoms with E-state index in [0.29, 0.717) is 5.56 Å². The molecule has 4 heteroatoms. The highest BCUT2D eigenvalue weighted by Gasteiger charge is 2.48. The number of hydrogen-bond donors (Lipinski definition) is 1. The minimum atomic E-state index is -3.54. The Kier molecular flexibility index (Phi) is 3.83. The molecule has 1 N–H and O–H groups in total. The number of aryl methyl sites for hydroxylation is 1. The lowest BCUT2D eigenvalue weighted by atomic mass is 9.91. The first-order chi connectivity index (χ1) is 10.4. The fourth-order valence-electron chi connectivity index (χ4n) is 2.84. The van der Waals surface area contributed by atoms with E-state index < -0.39 is 15.4 Å². The molecule has 0 heterocycles. The number of rotatable bonds is 5. The van der Waals surface area contributed by atoms with Crippen LogP contribution in [-0.2, 0) is 15.4 Å². The molecule has 0 aliphatic heterocycles. The average molecular weight is 316 g/mol. The van der Waals surface area contributed by atoms with E-state index in [0.717, 1.165) is 18.4 Å². The normalized spacial score (nSPS) is 17.9. The van der Waals surface area contributed by atoms with Crippen LogP contribution in [0, 0.1) is 12.8 Å². The number of benzene rings is 2. The van der Waals surface area contributed by atoms with Gasteiger partial charge in [0.25, 0.3) is 0 Å². The summed E-state index contributed by atoms with van der Waals surface area (Å²) in [5.41, 5.74) is 0.401. The third kappa shape index (κ3) is 2.94. The molecule has 0 spiro atoms. The van der Waals surface area contributed by atoms with E-state index in [1.54, 1.807) is 24.3 Å². The van der Waals surface area contributed by atoms with Crippen molar-refractivity contribution in [3.8, 4) is 0 Å². The average Bonchev–Trinajstić information content (AvgIpc) is 3.33. The van der Waals surface area contributed by atoms with E-state index in [4.69, 9.17) is 0 Å². The van der Waals surface area contributed by atoms with Crippen LogP contribution in [0.1, 0.15) is 24.0 Å². The SMILES string of the molecule is Cc1ccc(S(=O)(=O)CC(O)(c2ccccc2)C2CC2)cc1. The lowest BCUT2D eigenvalue weighted by Crippen LogP contribution is -2.36. The summed E-state index contributed by atoms with van der Waals surface area (Å²) in [5.74, 6) is -0.243. The Morgan fingerprint density at radius 2 is 1.64 bits per heavy atom. The number of hydrogen-bond acceptors (Lipinski definition) is 3. The molecule has 0 amide bonds. The Hall–Kier alpha value is -1.65. The summed E-state index contributed by atoms with van der Waals surface area (Å²) >= 11 is 0. The van der Waals surface area contributed by atoms with Crippen molar-refractivity contribution in [3.05, 3.63) is 65.7 Å². The van der Waals surface area contributed by atoms with Gasteiger partial charge in [-0.25, -0.2) is 8.42 Å². The van der Waals surface area contributed by atoms with Crippen molar-refractivity contribution in [2.45, 2.75) is 30.3 Å². The van der Waals surface area contributed by atoms with Gasteiger partial charge in [-0.1, -0.05) is 48.0 Å². The summed E-state index contributed by atoms with van der Waals surface area (Å²) in [6.45, 7) is 1.92. The lowest BCUT2D eigenvalue weighted by molar-refractivity contribution is 0.0365. The quantitative estimate of drug-likeness (QED) is 0.922. The van der Waals surface area contributed by atoms with Crippen molar-refractivity contribution >= 4 is 9.84 Å². The number of sulfone groups is 1. The van der Waals surface area contributed by atoms with E-state index in [1.165, 1.54) is 0 Å². The van der Waals surface area contributed by atoms with Gasteiger partial charge in [0.15, 0.2) is 9.84 Å². The first-order valence-corrected chi connectivity index (χ1v) is 9.14. The molecule has 0 bridgehead atoms. The van der Waals surface area contributed by atoms with Crippen LogP contribution in [0.2, 0.25) is 0 Å². The zero-order chi connectivity index (χ0) is 15.8. The molecule has 0 saturated heterocycles. The van der Waals surface area contributed by atoms with Gasteiger partial charge in [0, 0.05) is 0 Å². The minimum absolute atomic E-state index is 0.0233. The molecule has 3 rings (SSSR count). The highest BCUT2D eigenvalue weighted by molar-refractivity contribution is 7.91. The van der Waals surface area contributed by atoms with E-state index in [2.05, 4.69) is 0 Å². The summed E-state index contributed by atoms with van der Waals surface area (Å²) in [5, 5.41) is 11.1. The van der Waals surface area contributed by atoms with Crippen LogP contribution in [0.15, 0.2) is 59.5 Å². The van der Waals surface area contributed by atoms with Crippen molar-refractivity contribution in [2.24, 2.45) is 5.92 Å². The van der Waals surface area contributed by atoms with Crippen molar-refractivity contribution in [1.29, 1.82) is 0 Å². The van der Waals surface area contributed by atoms with Crippen molar-refractivity contribution in [2.75, 3.05) is 5.75 Å². The summed E-state index contributed by atoms with van der Waals surface area (Å²) in [6, 6.07) is 15.9. The van der Waals surface area contributed by atoms with Crippen molar-refractivity contribution < 1.29 is 13.5 Å². The summed E-state index contributed by atoms with van der Waals surface area (Å²) < 4.78 is 25.4. The molecule has 0 aromatic heterocycles. The van der Waals surface area contributed by atoms with Gasteiger partial charge in [0.05, 0.1) is 10.6 Å². The Bertz CT molecular complexity index is 747. The fourth-order valence-corrected chi connectivity index (χ4v) is 4.54. The smallest absolute Gasteiger partial charge is 0.181 e.